The number of esters is 2. The lowest BCUT2D eigenvalue weighted by Crippen LogP contribution is -2.09. The second-order valence-corrected chi connectivity index (χ2v) is 6.78. The number of aryl methyl sites for hydroxylation is 1. The van der Waals surface area contributed by atoms with Crippen LogP contribution in [0.25, 0.3) is 17.2 Å². The number of carbonyl (C=O) groups is 2. The molecule has 0 unspecified atom stereocenters. The van der Waals surface area contributed by atoms with Gasteiger partial charge in [0.05, 0.1) is 16.9 Å². The number of halogens is 1. The Balaban J connectivity index is 1.73. The largest absolute Gasteiger partial charge is 0.462 e. The molecule has 1 aromatic carbocycles. The third-order valence-electron chi connectivity index (χ3n) is 4.20. The number of hydrogen-bond acceptors (Lipinski definition) is 10. The zero-order chi connectivity index (χ0) is 23.4. The summed E-state index contributed by atoms with van der Waals surface area (Å²) >= 11 is 5.76. The van der Waals surface area contributed by atoms with Crippen molar-refractivity contribution in [1.82, 2.24) is 9.97 Å². The Morgan fingerprint density at radius 1 is 1.31 bits per heavy atom. The molecule has 3 aromatic rings. The Morgan fingerprint density at radius 2 is 2.06 bits per heavy atom. The zero-order valence-corrected chi connectivity index (χ0v) is 17.7. The predicted octanol–water partition coefficient (Wildman–Crippen LogP) is 3.61. The first-order valence-corrected chi connectivity index (χ1v) is 9.60. The van der Waals surface area contributed by atoms with Crippen LogP contribution in [-0.4, -0.2) is 33.4 Å². The first kappa shape index (κ1) is 22.7. The van der Waals surface area contributed by atoms with E-state index in [1.54, 1.807) is 13.8 Å². The number of nitro benzene ring substituents is 1. The molecule has 2 heterocycles. The van der Waals surface area contributed by atoms with Crippen molar-refractivity contribution in [3.63, 3.8) is 0 Å². The van der Waals surface area contributed by atoms with E-state index in [2.05, 4.69) is 9.97 Å². The first-order valence-electron chi connectivity index (χ1n) is 9.22. The number of anilines is 1. The summed E-state index contributed by atoms with van der Waals surface area (Å²) in [6.45, 7) is 3.10. The Kier molecular flexibility index (Phi) is 6.69. The molecule has 2 aromatic heterocycles. The molecule has 0 aliphatic carbocycles. The molecule has 0 amide bonds. The van der Waals surface area contributed by atoms with Crippen molar-refractivity contribution in [1.29, 1.82) is 0 Å². The Morgan fingerprint density at radius 3 is 2.75 bits per heavy atom. The highest BCUT2D eigenvalue weighted by Crippen LogP contribution is 2.29. The van der Waals surface area contributed by atoms with E-state index in [4.69, 9.17) is 31.2 Å². The maximum Gasteiger partial charge on any atom is 0.342 e. The molecule has 0 bridgehead atoms. The standard InChI is InChI=1S/C20H17ClN4O7/c1-3-30-20(27)16-10(2)32-19-17(16)18(22)23-14(24-19)9-31-15(26)7-5-11-4-6-12(21)13(8-11)25(28)29/h4-8H,3,9H2,1-2H3,(H2,22,23,24)/b7-5+. The summed E-state index contributed by atoms with van der Waals surface area (Å²) in [6.07, 6.45) is 2.43. The topological polar surface area (TPSA) is 161 Å². The summed E-state index contributed by atoms with van der Waals surface area (Å²) in [7, 11) is 0. The summed E-state index contributed by atoms with van der Waals surface area (Å²) in [5.74, 6) is -1.04. The summed E-state index contributed by atoms with van der Waals surface area (Å²) in [5.41, 5.74) is 6.27. The van der Waals surface area contributed by atoms with Gasteiger partial charge in [-0.05, 0) is 31.6 Å². The molecule has 0 fully saturated rings. The summed E-state index contributed by atoms with van der Waals surface area (Å²) < 4.78 is 15.6. The molecule has 11 nitrogen and oxygen atoms in total. The molecule has 0 aliphatic rings. The SMILES string of the molecule is CCOC(=O)c1c(C)oc2nc(COC(=O)/C=C/c3ccc(Cl)c([N+](=O)[O-])c3)nc(N)c12. The van der Waals surface area contributed by atoms with E-state index in [-0.39, 0.29) is 58.0 Å². The van der Waals surface area contributed by atoms with Crippen LogP contribution < -0.4 is 5.73 Å². The smallest absolute Gasteiger partial charge is 0.342 e. The van der Waals surface area contributed by atoms with Crippen molar-refractivity contribution in [3.8, 4) is 0 Å². The molecule has 0 saturated heterocycles. The van der Waals surface area contributed by atoms with E-state index in [1.807, 2.05) is 0 Å². The van der Waals surface area contributed by atoms with Crippen LogP contribution in [-0.2, 0) is 20.9 Å². The summed E-state index contributed by atoms with van der Waals surface area (Å²) in [5, 5.41) is 11.1. The monoisotopic (exact) mass is 460 g/mol. The minimum atomic E-state index is -0.743. The third-order valence-corrected chi connectivity index (χ3v) is 4.52. The molecule has 12 heteroatoms. The molecule has 2 N–H and O–H groups in total. The van der Waals surface area contributed by atoms with Crippen LogP contribution in [0.3, 0.4) is 0 Å². The van der Waals surface area contributed by atoms with E-state index in [0.717, 1.165) is 6.08 Å². The van der Waals surface area contributed by atoms with Crippen LogP contribution in [0.5, 0.6) is 0 Å². The Labute approximate surface area is 185 Å². The zero-order valence-electron chi connectivity index (χ0n) is 17.0. The summed E-state index contributed by atoms with van der Waals surface area (Å²) in [4.78, 5) is 42.6. The number of nitrogens with two attached hydrogens (primary N) is 1. The predicted molar refractivity (Wildman–Crippen MR) is 114 cm³/mol. The highest BCUT2D eigenvalue weighted by atomic mass is 35.5. The normalized spacial score (nSPS) is 11.1. The fourth-order valence-corrected chi connectivity index (χ4v) is 3.01. The van der Waals surface area contributed by atoms with E-state index in [9.17, 15) is 19.7 Å². The number of hydrogen-bond donors (Lipinski definition) is 1. The Hall–Kier alpha value is -3.99. The van der Waals surface area contributed by atoms with Gasteiger partial charge in [0.25, 0.3) is 5.69 Å². The number of fused-ring (bicyclic) bond motifs is 1. The van der Waals surface area contributed by atoms with Gasteiger partial charge < -0.3 is 19.6 Å². The minimum Gasteiger partial charge on any atom is -0.462 e. The van der Waals surface area contributed by atoms with Crippen LogP contribution in [0, 0.1) is 17.0 Å². The van der Waals surface area contributed by atoms with Gasteiger partial charge in [-0.25, -0.2) is 14.6 Å². The Bertz CT molecular complexity index is 1250. The fraction of sp³-hybridized carbons (Fsp3) is 0.200. The fourth-order valence-electron chi connectivity index (χ4n) is 2.82. The van der Waals surface area contributed by atoms with Crippen molar-refractivity contribution >= 4 is 52.2 Å². The average Bonchev–Trinajstić information content (AvgIpc) is 3.08. The van der Waals surface area contributed by atoms with Crippen LogP contribution in [0.4, 0.5) is 11.5 Å². The number of nitro groups is 1. The second kappa shape index (κ2) is 9.43. The summed E-state index contributed by atoms with van der Waals surface area (Å²) in [6, 6.07) is 4.09. The van der Waals surface area contributed by atoms with Crippen LogP contribution in [0.2, 0.25) is 5.02 Å². The third kappa shape index (κ3) is 4.83. The van der Waals surface area contributed by atoms with Crippen LogP contribution in [0.15, 0.2) is 28.7 Å². The number of carbonyl (C=O) groups excluding carboxylic acids is 2. The minimum absolute atomic E-state index is 0.0147. The molecular weight excluding hydrogens is 444 g/mol. The lowest BCUT2D eigenvalue weighted by atomic mass is 10.2. The molecule has 0 aliphatic heterocycles. The first-order chi connectivity index (χ1) is 15.2. The highest BCUT2D eigenvalue weighted by molar-refractivity contribution is 6.32. The maximum absolute atomic E-state index is 12.1. The number of ether oxygens (including phenoxy) is 2. The molecule has 32 heavy (non-hydrogen) atoms. The van der Waals surface area contributed by atoms with Gasteiger partial charge >= 0.3 is 11.9 Å². The second-order valence-electron chi connectivity index (χ2n) is 6.37. The number of nitrogen functional groups attached to an aromatic ring is 1. The van der Waals surface area contributed by atoms with E-state index in [1.165, 1.54) is 24.3 Å². The maximum atomic E-state index is 12.1. The van der Waals surface area contributed by atoms with Gasteiger partial charge in [-0.15, -0.1) is 0 Å². The van der Waals surface area contributed by atoms with Gasteiger partial charge in [-0.2, -0.15) is 4.98 Å². The van der Waals surface area contributed by atoms with Crippen molar-refractivity contribution in [2.45, 2.75) is 20.5 Å². The van der Waals surface area contributed by atoms with Crippen molar-refractivity contribution in [2.24, 2.45) is 0 Å². The molecule has 0 saturated carbocycles. The van der Waals surface area contributed by atoms with E-state index >= 15 is 0 Å². The lowest BCUT2D eigenvalue weighted by molar-refractivity contribution is -0.384. The quantitative estimate of drug-likeness (QED) is 0.238. The highest BCUT2D eigenvalue weighted by Gasteiger charge is 2.24. The lowest BCUT2D eigenvalue weighted by Gasteiger charge is -2.04. The molecule has 166 valence electrons. The van der Waals surface area contributed by atoms with Gasteiger partial charge in [0.15, 0.2) is 12.4 Å². The number of furan rings is 1. The van der Waals surface area contributed by atoms with Gasteiger partial charge in [0, 0.05) is 12.1 Å². The average molecular weight is 461 g/mol. The number of nitrogens with zero attached hydrogens (tertiary/aromatic N) is 3. The van der Waals surface area contributed by atoms with Crippen molar-refractivity contribution in [3.05, 3.63) is 62.1 Å². The van der Waals surface area contributed by atoms with Gasteiger partial charge in [0.1, 0.15) is 22.2 Å². The molecule has 0 atom stereocenters. The number of rotatable bonds is 7. The molecule has 3 rings (SSSR count). The van der Waals surface area contributed by atoms with E-state index < -0.39 is 16.9 Å². The van der Waals surface area contributed by atoms with Gasteiger partial charge in [-0.1, -0.05) is 17.7 Å². The van der Waals surface area contributed by atoms with Crippen LogP contribution >= 0.6 is 11.6 Å². The van der Waals surface area contributed by atoms with Crippen molar-refractivity contribution in [2.75, 3.05) is 12.3 Å². The number of aromatic nitrogens is 2. The van der Waals surface area contributed by atoms with Crippen LogP contribution in [0.1, 0.15) is 34.4 Å². The molecule has 0 spiro atoms. The van der Waals surface area contributed by atoms with Gasteiger partial charge in [-0.3, -0.25) is 10.1 Å². The van der Waals surface area contributed by atoms with E-state index in [0.29, 0.717) is 5.56 Å². The molecular formula is C20H17ClN4O7. The van der Waals surface area contributed by atoms with Crippen molar-refractivity contribution < 1.29 is 28.4 Å². The van der Waals surface area contributed by atoms with Gasteiger partial charge in [0.2, 0.25) is 5.71 Å². The number of benzene rings is 1. The molecule has 0 radical (unpaired) electrons.